The molecule has 0 saturated carbocycles. The summed E-state index contributed by atoms with van der Waals surface area (Å²) in [5.41, 5.74) is 2.69. The number of anilines is 4. The largest absolute Gasteiger partial charge is 0.454 e. The van der Waals surface area contributed by atoms with Gasteiger partial charge in [-0.25, -0.2) is 4.98 Å². The van der Waals surface area contributed by atoms with Gasteiger partial charge < -0.3 is 20.1 Å². The van der Waals surface area contributed by atoms with Crippen molar-refractivity contribution in [3.05, 3.63) is 60.3 Å². The molecule has 1 aliphatic rings. The van der Waals surface area contributed by atoms with Gasteiger partial charge in [0.05, 0.1) is 0 Å². The summed E-state index contributed by atoms with van der Waals surface area (Å²) in [6, 6.07) is 17.4. The van der Waals surface area contributed by atoms with Gasteiger partial charge in [0.2, 0.25) is 12.7 Å². The zero-order chi connectivity index (χ0) is 16.4. The molecule has 2 aromatic carbocycles. The maximum absolute atomic E-state index is 5.40. The zero-order valence-electron chi connectivity index (χ0n) is 13.1. The van der Waals surface area contributed by atoms with E-state index in [-0.39, 0.29) is 6.79 Å². The predicted molar refractivity (Wildman–Crippen MR) is 92.3 cm³/mol. The first-order chi connectivity index (χ1) is 11.8. The zero-order valence-corrected chi connectivity index (χ0v) is 13.1. The highest BCUT2D eigenvalue weighted by Gasteiger charge is 2.13. The SMILES string of the molecule is Cc1cc(Nc2ccc3c(c2)OCO3)nc(Nc2ccccc2)n1. The molecule has 1 aliphatic heterocycles. The summed E-state index contributed by atoms with van der Waals surface area (Å²) in [5.74, 6) is 2.74. The summed E-state index contributed by atoms with van der Waals surface area (Å²) < 4.78 is 10.7. The van der Waals surface area contributed by atoms with Crippen LogP contribution >= 0.6 is 0 Å². The number of hydrogen-bond donors (Lipinski definition) is 2. The highest BCUT2D eigenvalue weighted by atomic mass is 16.7. The van der Waals surface area contributed by atoms with Crippen molar-refractivity contribution >= 4 is 23.1 Å². The molecule has 6 nitrogen and oxygen atoms in total. The predicted octanol–water partition coefficient (Wildman–Crippen LogP) is 4.00. The van der Waals surface area contributed by atoms with Gasteiger partial charge in [0, 0.05) is 29.2 Å². The summed E-state index contributed by atoms with van der Waals surface area (Å²) in [5, 5.41) is 6.48. The van der Waals surface area contributed by atoms with Crippen molar-refractivity contribution in [2.45, 2.75) is 6.92 Å². The maximum Gasteiger partial charge on any atom is 0.231 e. The molecule has 0 unspecified atom stereocenters. The van der Waals surface area contributed by atoms with Crippen molar-refractivity contribution in [2.75, 3.05) is 17.4 Å². The molecule has 0 radical (unpaired) electrons. The summed E-state index contributed by atoms with van der Waals surface area (Å²) in [4.78, 5) is 8.93. The lowest BCUT2D eigenvalue weighted by Gasteiger charge is -2.10. The highest BCUT2D eigenvalue weighted by Crippen LogP contribution is 2.35. The number of hydrogen-bond acceptors (Lipinski definition) is 6. The molecular formula is C18H16N4O2. The average molecular weight is 320 g/mol. The molecule has 4 rings (SSSR count). The van der Waals surface area contributed by atoms with E-state index >= 15 is 0 Å². The Labute approximate surface area is 139 Å². The van der Waals surface area contributed by atoms with E-state index in [1.807, 2.05) is 61.5 Å². The molecule has 24 heavy (non-hydrogen) atoms. The fourth-order valence-corrected chi connectivity index (χ4v) is 2.46. The van der Waals surface area contributed by atoms with Crippen LogP contribution in [0.2, 0.25) is 0 Å². The van der Waals surface area contributed by atoms with Crippen LogP contribution in [0.25, 0.3) is 0 Å². The summed E-state index contributed by atoms with van der Waals surface area (Å²) in [7, 11) is 0. The molecule has 3 aromatic rings. The minimum absolute atomic E-state index is 0.260. The lowest BCUT2D eigenvalue weighted by molar-refractivity contribution is 0.174. The Morgan fingerprint density at radius 3 is 2.54 bits per heavy atom. The minimum Gasteiger partial charge on any atom is -0.454 e. The lowest BCUT2D eigenvalue weighted by atomic mass is 10.2. The number of aromatic nitrogens is 2. The van der Waals surface area contributed by atoms with E-state index in [0.29, 0.717) is 11.8 Å². The van der Waals surface area contributed by atoms with Crippen molar-refractivity contribution in [2.24, 2.45) is 0 Å². The van der Waals surface area contributed by atoms with E-state index in [0.717, 1.165) is 28.6 Å². The number of ether oxygens (including phenoxy) is 2. The number of para-hydroxylation sites is 1. The molecule has 6 heteroatoms. The Morgan fingerprint density at radius 1 is 0.833 bits per heavy atom. The van der Waals surface area contributed by atoms with Crippen LogP contribution in [0.4, 0.5) is 23.1 Å². The van der Waals surface area contributed by atoms with Gasteiger partial charge in [-0.2, -0.15) is 4.98 Å². The van der Waals surface area contributed by atoms with Crippen LogP contribution in [0.15, 0.2) is 54.6 Å². The van der Waals surface area contributed by atoms with E-state index < -0.39 is 0 Å². The Morgan fingerprint density at radius 2 is 1.67 bits per heavy atom. The van der Waals surface area contributed by atoms with E-state index in [9.17, 15) is 0 Å². The first-order valence-electron chi connectivity index (χ1n) is 7.61. The Hall–Kier alpha value is -3.28. The van der Waals surface area contributed by atoms with Crippen molar-refractivity contribution in [1.82, 2.24) is 9.97 Å². The third-order valence-electron chi connectivity index (χ3n) is 3.53. The van der Waals surface area contributed by atoms with Crippen LogP contribution in [0.1, 0.15) is 5.69 Å². The quantitative estimate of drug-likeness (QED) is 0.757. The number of nitrogens with one attached hydrogen (secondary N) is 2. The van der Waals surface area contributed by atoms with Gasteiger partial charge in [-0.3, -0.25) is 0 Å². The average Bonchev–Trinajstić information content (AvgIpc) is 3.03. The van der Waals surface area contributed by atoms with Gasteiger partial charge in [-0.1, -0.05) is 18.2 Å². The first kappa shape index (κ1) is 14.3. The topological polar surface area (TPSA) is 68.3 Å². The number of rotatable bonds is 4. The Balaban J connectivity index is 1.57. The van der Waals surface area contributed by atoms with Crippen molar-refractivity contribution in [1.29, 1.82) is 0 Å². The van der Waals surface area contributed by atoms with Crippen molar-refractivity contribution in [3.63, 3.8) is 0 Å². The second-order valence-electron chi connectivity index (χ2n) is 5.40. The van der Waals surface area contributed by atoms with Crippen LogP contribution in [0.5, 0.6) is 11.5 Å². The van der Waals surface area contributed by atoms with Crippen LogP contribution in [-0.4, -0.2) is 16.8 Å². The Kier molecular flexibility index (Phi) is 3.63. The van der Waals surface area contributed by atoms with Crippen LogP contribution in [0, 0.1) is 6.92 Å². The summed E-state index contributed by atoms with van der Waals surface area (Å²) in [6.07, 6.45) is 0. The van der Waals surface area contributed by atoms with Gasteiger partial charge >= 0.3 is 0 Å². The molecule has 0 saturated heterocycles. The maximum atomic E-state index is 5.40. The van der Waals surface area contributed by atoms with E-state index in [4.69, 9.17) is 9.47 Å². The first-order valence-corrected chi connectivity index (χ1v) is 7.61. The lowest BCUT2D eigenvalue weighted by Crippen LogP contribution is -2.02. The third-order valence-corrected chi connectivity index (χ3v) is 3.53. The van der Waals surface area contributed by atoms with Crippen LogP contribution in [-0.2, 0) is 0 Å². The van der Waals surface area contributed by atoms with Crippen molar-refractivity contribution in [3.8, 4) is 11.5 Å². The normalized spacial score (nSPS) is 12.0. The Bertz CT molecular complexity index is 868. The molecular weight excluding hydrogens is 304 g/mol. The van der Waals surface area contributed by atoms with Crippen LogP contribution < -0.4 is 20.1 Å². The summed E-state index contributed by atoms with van der Waals surface area (Å²) >= 11 is 0. The van der Waals surface area contributed by atoms with Gasteiger partial charge in [0.1, 0.15) is 5.82 Å². The standard InChI is InChI=1S/C18H16N4O2/c1-12-9-17(20-14-7-8-15-16(10-14)24-11-23-15)22-18(19-12)21-13-5-3-2-4-6-13/h2-10H,11H2,1H3,(H2,19,20,21,22). The number of aryl methyl sites for hydroxylation is 1. The smallest absolute Gasteiger partial charge is 0.231 e. The molecule has 0 amide bonds. The number of nitrogens with zero attached hydrogens (tertiary/aromatic N) is 2. The summed E-state index contributed by atoms with van der Waals surface area (Å²) in [6.45, 7) is 2.19. The highest BCUT2D eigenvalue weighted by molar-refractivity contribution is 5.63. The second-order valence-corrected chi connectivity index (χ2v) is 5.40. The second kappa shape index (κ2) is 6.08. The molecule has 0 bridgehead atoms. The number of fused-ring (bicyclic) bond motifs is 1. The molecule has 0 aliphatic carbocycles. The van der Waals surface area contributed by atoms with Gasteiger partial charge in [0.25, 0.3) is 0 Å². The molecule has 0 fully saturated rings. The van der Waals surface area contributed by atoms with Crippen molar-refractivity contribution < 1.29 is 9.47 Å². The molecule has 120 valence electrons. The van der Waals surface area contributed by atoms with E-state index in [1.165, 1.54) is 0 Å². The van der Waals surface area contributed by atoms with Gasteiger partial charge in [0.15, 0.2) is 11.5 Å². The molecule has 1 aromatic heterocycles. The fourth-order valence-electron chi connectivity index (χ4n) is 2.46. The van der Waals surface area contributed by atoms with E-state index in [2.05, 4.69) is 20.6 Å². The van der Waals surface area contributed by atoms with Gasteiger partial charge in [-0.15, -0.1) is 0 Å². The third kappa shape index (κ3) is 3.08. The van der Waals surface area contributed by atoms with E-state index in [1.54, 1.807) is 0 Å². The van der Waals surface area contributed by atoms with Gasteiger partial charge in [-0.05, 0) is 31.2 Å². The number of benzene rings is 2. The monoisotopic (exact) mass is 320 g/mol. The molecule has 2 N–H and O–H groups in total. The molecule has 2 heterocycles. The molecule has 0 spiro atoms. The minimum atomic E-state index is 0.260. The molecule has 0 atom stereocenters. The fraction of sp³-hybridized carbons (Fsp3) is 0.111. The van der Waals surface area contributed by atoms with Crippen LogP contribution in [0.3, 0.4) is 0 Å².